The minimum Gasteiger partial charge on any atom is -0.480 e. The Kier molecular flexibility index (Phi) is 6.55. The van der Waals surface area contributed by atoms with Crippen molar-refractivity contribution >= 4 is 13.1 Å². The summed E-state index contributed by atoms with van der Waals surface area (Å²) in [5.74, 6) is -0.978. The predicted octanol–water partition coefficient (Wildman–Crippen LogP) is 0.212. The highest BCUT2D eigenvalue weighted by atomic mass is 16.4. The molecule has 0 heterocycles. The van der Waals surface area contributed by atoms with E-state index in [1.165, 1.54) is 0 Å². The van der Waals surface area contributed by atoms with Crippen molar-refractivity contribution in [1.29, 1.82) is 0 Å². The van der Waals surface area contributed by atoms with Crippen LogP contribution in [0, 0.1) is 0 Å². The topological polar surface area (TPSA) is 104 Å². The van der Waals surface area contributed by atoms with E-state index in [0.29, 0.717) is 25.7 Å². The van der Waals surface area contributed by atoms with Crippen LogP contribution in [0.4, 0.5) is 0 Å². The molecule has 1 atom stereocenters. The summed E-state index contributed by atoms with van der Waals surface area (Å²) in [7, 11) is -1.31. The molecule has 0 amide bonds. The molecule has 0 aliphatic heterocycles. The van der Waals surface area contributed by atoms with Gasteiger partial charge in [-0.2, -0.15) is 0 Å². The minimum atomic E-state index is -1.31. The lowest BCUT2D eigenvalue weighted by molar-refractivity contribution is -0.144. The molecule has 0 aromatic rings. The van der Waals surface area contributed by atoms with Gasteiger partial charge in [-0.05, 0) is 19.2 Å². The number of carboxylic acids is 1. The maximum absolute atomic E-state index is 10.9. The first-order valence-corrected chi connectivity index (χ1v) is 5.31. The Balaban J connectivity index is 3.92. The monoisotopic (exact) mass is 217 g/mol. The molecule has 0 fully saturated rings. The van der Waals surface area contributed by atoms with Crippen LogP contribution < -0.4 is 5.73 Å². The highest BCUT2D eigenvalue weighted by molar-refractivity contribution is 6.40. The van der Waals surface area contributed by atoms with E-state index in [1.807, 2.05) is 6.92 Å². The standard InChI is InChI=1S/C9H20BNO4/c1-2-5-9(11,8(12)13)6-3-4-7-10(14)15/h14-15H,2-7,11H2,1H3,(H,12,13). The Labute approximate surface area is 90.4 Å². The Morgan fingerprint density at radius 1 is 1.33 bits per heavy atom. The molecule has 0 saturated heterocycles. The molecule has 5 nitrogen and oxygen atoms in total. The van der Waals surface area contributed by atoms with Gasteiger partial charge in [0.15, 0.2) is 0 Å². The Bertz CT molecular complexity index is 201. The van der Waals surface area contributed by atoms with E-state index >= 15 is 0 Å². The number of hydrogen-bond donors (Lipinski definition) is 4. The van der Waals surface area contributed by atoms with Crippen molar-refractivity contribution in [3.8, 4) is 0 Å². The highest BCUT2D eigenvalue weighted by Gasteiger charge is 2.32. The molecular weight excluding hydrogens is 197 g/mol. The summed E-state index contributed by atoms with van der Waals surface area (Å²) in [6.07, 6.45) is 2.99. The maximum Gasteiger partial charge on any atom is 0.451 e. The lowest BCUT2D eigenvalue weighted by atomic mass is 9.81. The quantitative estimate of drug-likeness (QED) is 0.343. The number of aliphatic carboxylic acids is 1. The van der Waals surface area contributed by atoms with Gasteiger partial charge in [0.2, 0.25) is 0 Å². The van der Waals surface area contributed by atoms with Crippen LogP contribution in [0.1, 0.15) is 39.0 Å². The molecule has 15 heavy (non-hydrogen) atoms. The summed E-state index contributed by atoms with van der Waals surface area (Å²) >= 11 is 0. The molecule has 1 unspecified atom stereocenters. The normalized spacial score (nSPS) is 14.7. The Morgan fingerprint density at radius 3 is 2.33 bits per heavy atom. The fourth-order valence-electron chi connectivity index (χ4n) is 1.55. The van der Waals surface area contributed by atoms with E-state index in [-0.39, 0.29) is 6.32 Å². The first-order chi connectivity index (χ1) is 6.92. The van der Waals surface area contributed by atoms with Crippen molar-refractivity contribution in [2.24, 2.45) is 5.73 Å². The fourth-order valence-corrected chi connectivity index (χ4v) is 1.55. The molecule has 0 aliphatic rings. The number of rotatable bonds is 8. The summed E-state index contributed by atoms with van der Waals surface area (Å²) in [6, 6.07) is 0. The van der Waals surface area contributed by atoms with E-state index in [1.54, 1.807) is 0 Å². The van der Waals surface area contributed by atoms with E-state index in [0.717, 1.165) is 6.42 Å². The summed E-state index contributed by atoms with van der Waals surface area (Å²) in [4.78, 5) is 10.9. The van der Waals surface area contributed by atoms with Crippen molar-refractivity contribution in [2.75, 3.05) is 0 Å². The minimum absolute atomic E-state index is 0.266. The third-order valence-corrected chi connectivity index (χ3v) is 2.46. The first kappa shape index (κ1) is 14.4. The van der Waals surface area contributed by atoms with Crippen LogP contribution in [0.3, 0.4) is 0 Å². The molecule has 6 heteroatoms. The molecule has 0 spiro atoms. The zero-order chi connectivity index (χ0) is 11.9. The number of nitrogens with two attached hydrogens (primary N) is 1. The molecule has 0 rings (SSSR count). The van der Waals surface area contributed by atoms with Crippen LogP contribution in [0.25, 0.3) is 0 Å². The van der Waals surface area contributed by atoms with Gasteiger partial charge in [-0.15, -0.1) is 0 Å². The summed E-state index contributed by atoms with van der Waals surface area (Å²) < 4.78 is 0. The highest BCUT2D eigenvalue weighted by Crippen LogP contribution is 2.18. The van der Waals surface area contributed by atoms with Gasteiger partial charge in [0, 0.05) is 0 Å². The summed E-state index contributed by atoms with van der Waals surface area (Å²) in [5.41, 5.74) is 4.59. The van der Waals surface area contributed by atoms with Gasteiger partial charge < -0.3 is 20.9 Å². The van der Waals surface area contributed by atoms with Crippen LogP contribution in [0.2, 0.25) is 6.32 Å². The second kappa shape index (κ2) is 6.82. The van der Waals surface area contributed by atoms with Crippen LogP contribution in [0.5, 0.6) is 0 Å². The Hall–Kier alpha value is -0.585. The average molecular weight is 217 g/mol. The van der Waals surface area contributed by atoms with Gasteiger partial charge in [-0.25, -0.2) is 0 Å². The van der Waals surface area contributed by atoms with Crippen LogP contribution in [-0.4, -0.2) is 33.8 Å². The van der Waals surface area contributed by atoms with Gasteiger partial charge >= 0.3 is 13.1 Å². The van der Waals surface area contributed by atoms with Gasteiger partial charge in [0.25, 0.3) is 0 Å². The van der Waals surface area contributed by atoms with Crippen LogP contribution >= 0.6 is 0 Å². The smallest absolute Gasteiger partial charge is 0.451 e. The van der Waals surface area contributed by atoms with Crippen LogP contribution in [0.15, 0.2) is 0 Å². The van der Waals surface area contributed by atoms with Crippen LogP contribution in [-0.2, 0) is 4.79 Å². The van der Waals surface area contributed by atoms with Crippen molar-refractivity contribution in [3.63, 3.8) is 0 Å². The lowest BCUT2D eigenvalue weighted by Crippen LogP contribution is -2.47. The molecule has 0 aliphatic carbocycles. The van der Waals surface area contributed by atoms with Gasteiger partial charge in [0.05, 0.1) is 0 Å². The van der Waals surface area contributed by atoms with Crippen molar-refractivity contribution < 1.29 is 19.9 Å². The second-order valence-corrected chi connectivity index (χ2v) is 3.94. The lowest BCUT2D eigenvalue weighted by Gasteiger charge is -2.23. The second-order valence-electron chi connectivity index (χ2n) is 3.94. The maximum atomic E-state index is 10.9. The van der Waals surface area contributed by atoms with E-state index in [2.05, 4.69) is 0 Å². The van der Waals surface area contributed by atoms with Crippen molar-refractivity contribution in [2.45, 2.75) is 50.9 Å². The number of hydrogen-bond acceptors (Lipinski definition) is 4. The molecule has 0 bridgehead atoms. The third-order valence-electron chi connectivity index (χ3n) is 2.46. The molecule has 0 aromatic carbocycles. The van der Waals surface area contributed by atoms with E-state index in [4.69, 9.17) is 20.9 Å². The predicted molar refractivity (Wildman–Crippen MR) is 58.3 cm³/mol. The molecule has 5 N–H and O–H groups in total. The van der Waals surface area contributed by atoms with Gasteiger partial charge in [0.1, 0.15) is 5.54 Å². The largest absolute Gasteiger partial charge is 0.480 e. The van der Waals surface area contributed by atoms with Gasteiger partial charge in [-0.1, -0.05) is 26.2 Å². The van der Waals surface area contributed by atoms with Gasteiger partial charge in [-0.3, -0.25) is 4.79 Å². The molecular formula is C9H20BNO4. The van der Waals surface area contributed by atoms with Crippen molar-refractivity contribution in [3.05, 3.63) is 0 Å². The summed E-state index contributed by atoms with van der Waals surface area (Å²) in [6.45, 7) is 1.89. The zero-order valence-corrected chi connectivity index (χ0v) is 9.15. The number of carbonyl (C=O) groups is 1. The first-order valence-electron chi connectivity index (χ1n) is 5.31. The third kappa shape index (κ3) is 5.76. The van der Waals surface area contributed by atoms with E-state index < -0.39 is 18.6 Å². The average Bonchev–Trinajstić information content (AvgIpc) is 2.12. The molecule has 0 aromatic heterocycles. The molecule has 0 radical (unpaired) electrons. The molecule has 0 saturated carbocycles. The SMILES string of the molecule is CCCC(N)(CCCCB(O)O)C(=O)O. The fraction of sp³-hybridized carbons (Fsp3) is 0.889. The summed E-state index contributed by atoms with van der Waals surface area (Å²) in [5, 5.41) is 26.2. The Morgan fingerprint density at radius 2 is 1.93 bits per heavy atom. The van der Waals surface area contributed by atoms with Crippen molar-refractivity contribution in [1.82, 2.24) is 0 Å². The molecule has 88 valence electrons. The number of carboxylic acid groups (broad SMARTS) is 1. The van der Waals surface area contributed by atoms with E-state index in [9.17, 15) is 4.79 Å². The number of unbranched alkanes of at least 4 members (excludes halogenated alkanes) is 1. The zero-order valence-electron chi connectivity index (χ0n) is 9.15.